The Kier molecular flexibility index (Phi) is 2.90. The normalized spacial score (nSPS) is 10.7. The van der Waals surface area contributed by atoms with Crippen molar-refractivity contribution in [1.82, 2.24) is 0 Å². The number of thiophene rings is 1. The zero-order valence-corrected chi connectivity index (χ0v) is 11.0. The standard InChI is InChI=1S/C15H9ClOS/c16-12-6-7-13-11(8-12)9-14(18-13)15(17)10-4-2-1-3-5-10/h1-9H. The Hall–Kier alpha value is -1.64. The summed E-state index contributed by atoms with van der Waals surface area (Å²) >= 11 is 7.44. The van der Waals surface area contributed by atoms with Gasteiger partial charge < -0.3 is 0 Å². The van der Waals surface area contributed by atoms with Gasteiger partial charge in [0.15, 0.2) is 0 Å². The Bertz CT molecular complexity index is 716. The Labute approximate surface area is 114 Å². The Morgan fingerprint density at radius 3 is 2.56 bits per heavy atom. The highest BCUT2D eigenvalue weighted by molar-refractivity contribution is 7.21. The van der Waals surface area contributed by atoms with Gasteiger partial charge in [-0.05, 0) is 29.7 Å². The van der Waals surface area contributed by atoms with Gasteiger partial charge in [-0.15, -0.1) is 11.3 Å². The molecule has 88 valence electrons. The number of hydrogen-bond donors (Lipinski definition) is 0. The molecule has 0 saturated carbocycles. The summed E-state index contributed by atoms with van der Waals surface area (Å²) in [6.07, 6.45) is 0. The monoisotopic (exact) mass is 272 g/mol. The summed E-state index contributed by atoms with van der Waals surface area (Å²) in [7, 11) is 0. The first-order chi connectivity index (χ1) is 8.74. The van der Waals surface area contributed by atoms with E-state index < -0.39 is 0 Å². The molecule has 2 aromatic carbocycles. The zero-order chi connectivity index (χ0) is 12.5. The molecule has 0 bridgehead atoms. The molecular formula is C15H9ClOS. The lowest BCUT2D eigenvalue weighted by Crippen LogP contribution is -1.97. The van der Waals surface area contributed by atoms with Crippen LogP contribution in [0.15, 0.2) is 54.6 Å². The molecule has 0 radical (unpaired) electrons. The number of rotatable bonds is 2. The summed E-state index contributed by atoms with van der Waals surface area (Å²) in [5, 5.41) is 1.71. The minimum absolute atomic E-state index is 0.0629. The highest BCUT2D eigenvalue weighted by Gasteiger charge is 2.12. The fourth-order valence-corrected chi connectivity index (χ4v) is 3.04. The average molecular weight is 273 g/mol. The summed E-state index contributed by atoms with van der Waals surface area (Å²) in [4.78, 5) is 13.0. The van der Waals surface area contributed by atoms with Crippen molar-refractivity contribution >= 4 is 38.8 Å². The van der Waals surface area contributed by atoms with Crippen LogP contribution in [0.3, 0.4) is 0 Å². The van der Waals surface area contributed by atoms with Crippen LogP contribution in [0.4, 0.5) is 0 Å². The molecule has 1 nitrogen and oxygen atoms in total. The molecule has 0 saturated heterocycles. The van der Waals surface area contributed by atoms with Crippen molar-refractivity contribution in [1.29, 1.82) is 0 Å². The van der Waals surface area contributed by atoms with Crippen molar-refractivity contribution in [2.45, 2.75) is 0 Å². The first-order valence-corrected chi connectivity index (χ1v) is 6.72. The second-order valence-corrected chi connectivity index (χ2v) is 5.51. The lowest BCUT2D eigenvalue weighted by atomic mass is 10.1. The molecule has 0 aliphatic carbocycles. The van der Waals surface area contributed by atoms with E-state index in [4.69, 9.17) is 11.6 Å². The topological polar surface area (TPSA) is 17.1 Å². The third-order valence-corrected chi connectivity index (χ3v) is 4.09. The fourth-order valence-electron chi connectivity index (χ4n) is 1.86. The molecule has 0 unspecified atom stereocenters. The molecular weight excluding hydrogens is 264 g/mol. The molecule has 0 aliphatic rings. The van der Waals surface area contributed by atoms with Crippen LogP contribution in [-0.4, -0.2) is 5.78 Å². The van der Waals surface area contributed by atoms with Crippen molar-refractivity contribution in [2.24, 2.45) is 0 Å². The second-order valence-electron chi connectivity index (χ2n) is 3.99. The number of carbonyl (C=O) groups is 1. The van der Waals surface area contributed by atoms with Crippen molar-refractivity contribution < 1.29 is 4.79 Å². The van der Waals surface area contributed by atoms with Crippen LogP contribution in [0.25, 0.3) is 10.1 Å². The van der Waals surface area contributed by atoms with Gasteiger partial charge >= 0.3 is 0 Å². The summed E-state index contributed by atoms with van der Waals surface area (Å²) in [6, 6.07) is 16.9. The van der Waals surface area contributed by atoms with E-state index in [0.717, 1.165) is 20.5 Å². The minimum atomic E-state index is 0.0629. The molecule has 18 heavy (non-hydrogen) atoms. The van der Waals surface area contributed by atoms with Gasteiger partial charge in [0.2, 0.25) is 5.78 Å². The molecule has 1 heterocycles. The van der Waals surface area contributed by atoms with E-state index in [-0.39, 0.29) is 5.78 Å². The van der Waals surface area contributed by atoms with Crippen LogP contribution in [-0.2, 0) is 0 Å². The number of ketones is 1. The van der Waals surface area contributed by atoms with E-state index >= 15 is 0 Å². The molecule has 0 amide bonds. The molecule has 0 N–H and O–H groups in total. The van der Waals surface area contributed by atoms with Crippen molar-refractivity contribution in [3.63, 3.8) is 0 Å². The van der Waals surface area contributed by atoms with Gasteiger partial charge in [0.25, 0.3) is 0 Å². The third kappa shape index (κ3) is 2.05. The van der Waals surface area contributed by atoms with E-state index in [1.807, 2.05) is 54.6 Å². The van der Waals surface area contributed by atoms with E-state index in [2.05, 4.69) is 0 Å². The van der Waals surface area contributed by atoms with Gasteiger partial charge in [0.1, 0.15) is 0 Å². The third-order valence-electron chi connectivity index (χ3n) is 2.74. The fraction of sp³-hybridized carbons (Fsp3) is 0. The first-order valence-electron chi connectivity index (χ1n) is 5.53. The number of carbonyl (C=O) groups excluding carboxylic acids is 1. The highest BCUT2D eigenvalue weighted by Crippen LogP contribution is 2.29. The van der Waals surface area contributed by atoms with E-state index in [1.54, 1.807) is 0 Å². The average Bonchev–Trinajstić information content (AvgIpc) is 2.81. The largest absolute Gasteiger partial charge is 0.288 e. The molecule has 3 rings (SSSR count). The number of benzene rings is 2. The summed E-state index contributed by atoms with van der Waals surface area (Å²) in [6.45, 7) is 0. The first kappa shape index (κ1) is 11.5. The predicted molar refractivity (Wildman–Crippen MR) is 76.7 cm³/mol. The summed E-state index contributed by atoms with van der Waals surface area (Å²) < 4.78 is 1.08. The van der Waals surface area contributed by atoms with Gasteiger partial charge in [-0.3, -0.25) is 4.79 Å². The lowest BCUT2D eigenvalue weighted by Gasteiger charge is -1.95. The van der Waals surface area contributed by atoms with Crippen molar-refractivity contribution in [3.05, 3.63) is 70.1 Å². The summed E-state index contributed by atoms with van der Waals surface area (Å²) in [5.74, 6) is 0.0629. The quantitative estimate of drug-likeness (QED) is 0.613. The molecule has 3 aromatic rings. The predicted octanol–water partition coefficient (Wildman–Crippen LogP) is 4.79. The smallest absolute Gasteiger partial charge is 0.202 e. The zero-order valence-electron chi connectivity index (χ0n) is 9.39. The molecule has 0 aliphatic heterocycles. The van der Waals surface area contributed by atoms with Gasteiger partial charge in [0.05, 0.1) is 4.88 Å². The second kappa shape index (κ2) is 4.56. The number of fused-ring (bicyclic) bond motifs is 1. The SMILES string of the molecule is O=C(c1ccccc1)c1cc2cc(Cl)ccc2s1. The molecule has 0 atom stereocenters. The maximum atomic E-state index is 12.3. The highest BCUT2D eigenvalue weighted by atomic mass is 35.5. The van der Waals surface area contributed by atoms with Gasteiger partial charge in [-0.25, -0.2) is 0 Å². The van der Waals surface area contributed by atoms with Crippen LogP contribution in [0.2, 0.25) is 5.02 Å². The molecule has 0 spiro atoms. The molecule has 1 aromatic heterocycles. The van der Waals surface area contributed by atoms with E-state index in [0.29, 0.717) is 5.02 Å². The van der Waals surface area contributed by atoms with Gasteiger partial charge in [-0.2, -0.15) is 0 Å². The number of hydrogen-bond acceptors (Lipinski definition) is 2. The maximum Gasteiger partial charge on any atom is 0.202 e. The van der Waals surface area contributed by atoms with Crippen LogP contribution in [0.1, 0.15) is 15.2 Å². The summed E-state index contributed by atoms with van der Waals surface area (Å²) in [5.41, 5.74) is 0.718. The van der Waals surface area contributed by atoms with Crippen molar-refractivity contribution in [3.8, 4) is 0 Å². The van der Waals surface area contributed by atoms with Gasteiger partial charge in [-0.1, -0.05) is 41.9 Å². The Morgan fingerprint density at radius 2 is 1.78 bits per heavy atom. The molecule has 0 fully saturated rings. The Balaban J connectivity index is 2.07. The van der Waals surface area contributed by atoms with Crippen molar-refractivity contribution in [2.75, 3.05) is 0 Å². The Morgan fingerprint density at radius 1 is 1.00 bits per heavy atom. The van der Waals surface area contributed by atoms with Gasteiger partial charge in [0, 0.05) is 15.3 Å². The van der Waals surface area contributed by atoms with E-state index in [9.17, 15) is 4.79 Å². The molecule has 3 heteroatoms. The maximum absolute atomic E-state index is 12.3. The minimum Gasteiger partial charge on any atom is -0.288 e. The number of halogens is 1. The van der Waals surface area contributed by atoms with Crippen LogP contribution >= 0.6 is 22.9 Å². The lowest BCUT2D eigenvalue weighted by molar-refractivity contribution is 0.104. The van der Waals surface area contributed by atoms with Crippen LogP contribution < -0.4 is 0 Å². The van der Waals surface area contributed by atoms with Crippen LogP contribution in [0.5, 0.6) is 0 Å². The van der Waals surface area contributed by atoms with E-state index in [1.165, 1.54) is 11.3 Å². The van der Waals surface area contributed by atoms with Crippen LogP contribution in [0, 0.1) is 0 Å².